The number of hydrogen-bond acceptors (Lipinski definition) is 3. The molecular weight excluding hydrogens is 396 g/mol. The van der Waals surface area contributed by atoms with Crippen LogP contribution in [-0.2, 0) is 12.0 Å². The molecule has 2 unspecified atom stereocenters. The van der Waals surface area contributed by atoms with Crippen LogP contribution < -0.4 is 4.90 Å². The third-order valence-electron chi connectivity index (χ3n) is 7.53. The summed E-state index contributed by atoms with van der Waals surface area (Å²) >= 11 is 6.08. The van der Waals surface area contributed by atoms with E-state index in [1.165, 1.54) is 51.4 Å². The zero-order valence-electron chi connectivity index (χ0n) is 17.8. The van der Waals surface area contributed by atoms with Gasteiger partial charge in [-0.2, -0.15) is 10.1 Å². The van der Waals surface area contributed by atoms with Gasteiger partial charge in [-0.25, -0.2) is 4.68 Å². The van der Waals surface area contributed by atoms with Crippen molar-refractivity contribution in [2.45, 2.75) is 89.1 Å². The lowest BCUT2D eigenvalue weighted by Crippen LogP contribution is -2.61. The Balaban J connectivity index is 1.65. The first-order valence-electron chi connectivity index (χ1n) is 11.7. The van der Waals surface area contributed by atoms with E-state index in [9.17, 15) is 4.79 Å². The standard InChI is InChI=1S/C24H31ClN4O/c1-2-8-21-26-23-28(22(30)17-11-13-18(25)14-12-17)20-10-5-4-9-19(20)24(29(23)27-21)15-6-3-7-16-24/h11-14,19-20H,2-10,15-16H2,1H3. The lowest BCUT2D eigenvalue weighted by Gasteiger charge is -2.55. The first-order valence-corrected chi connectivity index (χ1v) is 12.1. The van der Waals surface area contributed by atoms with Gasteiger partial charge in [0.1, 0.15) is 0 Å². The van der Waals surface area contributed by atoms with Crippen molar-refractivity contribution in [2.24, 2.45) is 5.92 Å². The van der Waals surface area contributed by atoms with Gasteiger partial charge in [0.25, 0.3) is 5.91 Å². The van der Waals surface area contributed by atoms with E-state index in [4.69, 9.17) is 21.7 Å². The average Bonchev–Trinajstić information content (AvgIpc) is 3.20. The average molecular weight is 427 g/mol. The minimum Gasteiger partial charge on any atom is -0.273 e. The number of anilines is 1. The van der Waals surface area contributed by atoms with E-state index in [0.717, 1.165) is 31.0 Å². The van der Waals surface area contributed by atoms with Crippen molar-refractivity contribution in [3.05, 3.63) is 40.7 Å². The predicted molar refractivity (Wildman–Crippen MR) is 119 cm³/mol. The van der Waals surface area contributed by atoms with Gasteiger partial charge in [0.2, 0.25) is 5.95 Å². The van der Waals surface area contributed by atoms with Gasteiger partial charge in [0.05, 0.1) is 5.54 Å². The molecule has 2 aromatic rings. The van der Waals surface area contributed by atoms with E-state index < -0.39 is 0 Å². The highest BCUT2D eigenvalue weighted by atomic mass is 35.5. The Morgan fingerprint density at radius 2 is 1.83 bits per heavy atom. The highest BCUT2D eigenvalue weighted by Gasteiger charge is 2.55. The molecular formula is C24H31ClN4O. The van der Waals surface area contributed by atoms with Gasteiger partial charge in [-0.15, -0.1) is 0 Å². The van der Waals surface area contributed by atoms with Crippen LogP contribution in [0.1, 0.15) is 87.3 Å². The minimum absolute atomic E-state index is 0.0333. The number of amides is 1. The predicted octanol–water partition coefficient (Wildman–Crippen LogP) is 5.76. The number of aromatic nitrogens is 3. The summed E-state index contributed by atoms with van der Waals surface area (Å²) in [5, 5.41) is 5.69. The molecule has 2 fully saturated rings. The van der Waals surface area contributed by atoms with Crippen molar-refractivity contribution in [1.82, 2.24) is 14.8 Å². The van der Waals surface area contributed by atoms with Crippen LogP contribution in [0.4, 0.5) is 5.95 Å². The van der Waals surface area contributed by atoms with Gasteiger partial charge >= 0.3 is 0 Å². The Morgan fingerprint density at radius 3 is 2.57 bits per heavy atom. The van der Waals surface area contributed by atoms with Gasteiger partial charge in [0.15, 0.2) is 5.82 Å². The summed E-state index contributed by atoms with van der Waals surface area (Å²) in [5.74, 6) is 2.16. The second kappa shape index (κ2) is 7.99. The summed E-state index contributed by atoms with van der Waals surface area (Å²) in [5.41, 5.74) is 0.712. The number of benzene rings is 1. The molecule has 2 aliphatic carbocycles. The maximum absolute atomic E-state index is 13.8. The maximum Gasteiger partial charge on any atom is 0.260 e. The highest BCUT2D eigenvalue weighted by Crippen LogP contribution is 2.53. The molecule has 2 saturated carbocycles. The molecule has 2 atom stereocenters. The number of halogens is 1. The molecule has 5 nitrogen and oxygen atoms in total. The molecule has 1 aromatic carbocycles. The molecule has 1 amide bonds. The molecule has 2 heterocycles. The fourth-order valence-corrected chi connectivity index (χ4v) is 6.33. The van der Waals surface area contributed by atoms with Crippen molar-refractivity contribution in [1.29, 1.82) is 0 Å². The van der Waals surface area contributed by atoms with Crippen LogP contribution in [0.5, 0.6) is 0 Å². The Bertz CT molecular complexity index is 916. The maximum atomic E-state index is 13.8. The van der Waals surface area contributed by atoms with Crippen LogP contribution in [0.15, 0.2) is 24.3 Å². The van der Waals surface area contributed by atoms with Gasteiger partial charge in [-0.05, 0) is 56.4 Å². The van der Waals surface area contributed by atoms with E-state index in [-0.39, 0.29) is 17.5 Å². The van der Waals surface area contributed by atoms with Crippen LogP contribution in [0.2, 0.25) is 5.02 Å². The molecule has 1 spiro atoms. The monoisotopic (exact) mass is 426 g/mol. The van der Waals surface area contributed by atoms with Crippen LogP contribution in [0.3, 0.4) is 0 Å². The van der Waals surface area contributed by atoms with Gasteiger partial charge in [0, 0.05) is 29.0 Å². The van der Waals surface area contributed by atoms with Crippen LogP contribution in [0.25, 0.3) is 0 Å². The topological polar surface area (TPSA) is 51.0 Å². The zero-order chi connectivity index (χ0) is 20.7. The molecule has 3 aliphatic rings. The fourth-order valence-electron chi connectivity index (χ4n) is 6.20. The Hall–Kier alpha value is -1.88. The van der Waals surface area contributed by atoms with Crippen LogP contribution >= 0.6 is 11.6 Å². The lowest BCUT2D eigenvalue weighted by atomic mass is 9.64. The Kier molecular flexibility index (Phi) is 5.34. The number of carbonyl (C=O) groups is 1. The molecule has 0 radical (unpaired) electrons. The molecule has 6 heteroatoms. The number of rotatable bonds is 3. The summed E-state index contributed by atoms with van der Waals surface area (Å²) in [6.45, 7) is 2.16. The molecule has 0 N–H and O–H groups in total. The van der Waals surface area contributed by atoms with E-state index in [1.807, 2.05) is 17.0 Å². The lowest BCUT2D eigenvalue weighted by molar-refractivity contribution is 0.0311. The summed E-state index contributed by atoms with van der Waals surface area (Å²) in [6, 6.07) is 7.48. The largest absolute Gasteiger partial charge is 0.273 e. The molecule has 30 heavy (non-hydrogen) atoms. The number of nitrogens with zero attached hydrogens (tertiary/aromatic N) is 4. The third kappa shape index (κ3) is 3.17. The Labute approximate surface area is 183 Å². The van der Waals surface area contributed by atoms with E-state index in [0.29, 0.717) is 16.5 Å². The van der Waals surface area contributed by atoms with E-state index in [1.54, 1.807) is 12.1 Å². The second-order valence-corrected chi connectivity index (χ2v) is 9.73. The molecule has 5 rings (SSSR count). The van der Waals surface area contributed by atoms with Crippen molar-refractivity contribution in [3.8, 4) is 0 Å². The number of carbonyl (C=O) groups excluding carboxylic acids is 1. The third-order valence-corrected chi connectivity index (χ3v) is 7.78. The second-order valence-electron chi connectivity index (χ2n) is 9.29. The number of fused-ring (bicyclic) bond motifs is 4. The van der Waals surface area contributed by atoms with Crippen LogP contribution in [0, 0.1) is 5.92 Å². The summed E-state index contributed by atoms with van der Waals surface area (Å²) in [6.07, 6.45) is 12.7. The van der Waals surface area contributed by atoms with Crippen molar-refractivity contribution in [3.63, 3.8) is 0 Å². The summed E-state index contributed by atoms with van der Waals surface area (Å²) in [7, 11) is 0. The normalized spacial score (nSPS) is 25.1. The molecule has 160 valence electrons. The van der Waals surface area contributed by atoms with Gasteiger partial charge < -0.3 is 0 Å². The zero-order valence-corrected chi connectivity index (χ0v) is 18.6. The number of aryl methyl sites for hydroxylation is 1. The first-order chi connectivity index (χ1) is 14.6. The Morgan fingerprint density at radius 1 is 1.10 bits per heavy atom. The minimum atomic E-state index is 0.0333. The van der Waals surface area contributed by atoms with E-state index in [2.05, 4.69) is 11.6 Å². The molecule has 1 aromatic heterocycles. The van der Waals surface area contributed by atoms with Crippen molar-refractivity contribution in [2.75, 3.05) is 4.90 Å². The smallest absolute Gasteiger partial charge is 0.260 e. The first kappa shape index (κ1) is 20.0. The fraction of sp³-hybridized carbons (Fsp3) is 0.625. The SMILES string of the molecule is CCCc1nc2n(n1)C1(CCCCC1)C1CCCCC1N2C(=O)c1ccc(Cl)cc1. The quantitative estimate of drug-likeness (QED) is 0.626. The summed E-state index contributed by atoms with van der Waals surface area (Å²) in [4.78, 5) is 20.7. The van der Waals surface area contributed by atoms with Gasteiger partial charge in [-0.3, -0.25) is 9.69 Å². The van der Waals surface area contributed by atoms with Gasteiger partial charge in [-0.1, -0.05) is 50.6 Å². The van der Waals surface area contributed by atoms with Crippen LogP contribution in [-0.4, -0.2) is 26.7 Å². The van der Waals surface area contributed by atoms with Crippen molar-refractivity contribution < 1.29 is 4.79 Å². The molecule has 1 aliphatic heterocycles. The summed E-state index contributed by atoms with van der Waals surface area (Å²) < 4.78 is 2.21. The number of hydrogen-bond donors (Lipinski definition) is 0. The molecule has 0 bridgehead atoms. The highest BCUT2D eigenvalue weighted by molar-refractivity contribution is 6.30. The molecule has 0 saturated heterocycles. The van der Waals surface area contributed by atoms with E-state index >= 15 is 0 Å². The van der Waals surface area contributed by atoms with Crippen molar-refractivity contribution >= 4 is 23.5 Å².